The Hall–Kier alpha value is -2.27. The maximum absolute atomic E-state index is 12.9. The second-order valence-electron chi connectivity index (χ2n) is 6.74. The van der Waals surface area contributed by atoms with Crippen LogP contribution in [-0.4, -0.2) is 21.9 Å². The van der Waals surface area contributed by atoms with Crippen LogP contribution in [0.1, 0.15) is 30.0 Å². The minimum absolute atomic E-state index is 0.0799. The number of nitrogens with zero attached hydrogens (tertiary/aromatic N) is 2. The Morgan fingerprint density at radius 2 is 1.85 bits per heavy atom. The van der Waals surface area contributed by atoms with Gasteiger partial charge in [0.1, 0.15) is 5.75 Å². The van der Waals surface area contributed by atoms with Crippen molar-refractivity contribution in [3.05, 3.63) is 63.9 Å². The molecular weight excluding hydrogens is 344 g/mol. The minimum Gasteiger partial charge on any atom is -0.492 e. The van der Waals surface area contributed by atoms with Gasteiger partial charge in [0.2, 0.25) is 0 Å². The Kier molecular flexibility index (Phi) is 4.72. The summed E-state index contributed by atoms with van der Waals surface area (Å²) in [6.45, 7) is 4.71. The number of para-hydroxylation sites is 2. The van der Waals surface area contributed by atoms with Gasteiger partial charge in [0.05, 0.1) is 17.5 Å². The lowest BCUT2D eigenvalue weighted by Gasteiger charge is -2.14. The van der Waals surface area contributed by atoms with E-state index in [4.69, 9.17) is 9.72 Å². The van der Waals surface area contributed by atoms with Crippen molar-refractivity contribution in [1.82, 2.24) is 9.55 Å². The fraction of sp³-hybridized carbons (Fsp3) is 0.333. The number of ether oxygens (including phenoxy) is 1. The van der Waals surface area contributed by atoms with Crippen molar-refractivity contribution in [1.29, 1.82) is 0 Å². The zero-order valence-electron chi connectivity index (χ0n) is 15.1. The molecule has 1 heterocycles. The van der Waals surface area contributed by atoms with Crippen molar-refractivity contribution in [3.8, 4) is 5.75 Å². The largest absolute Gasteiger partial charge is 0.492 e. The average molecular weight is 366 g/mol. The molecule has 0 radical (unpaired) electrons. The summed E-state index contributed by atoms with van der Waals surface area (Å²) in [7, 11) is 0. The maximum Gasteiger partial charge on any atom is 0.262 e. The van der Waals surface area contributed by atoms with Crippen LogP contribution in [0.25, 0.3) is 10.9 Å². The molecule has 1 fully saturated rings. The summed E-state index contributed by atoms with van der Waals surface area (Å²) < 4.78 is 7.87. The molecule has 26 heavy (non-hydrogen) atoms. The summed E-state index contributed by atoms with van der Waals surface area (Å²) in [6, 6.07) is 14.1. The zero-order valence-corrected chi connectivity index (χ0v) is 15.9. The van der Waals surface area contributed by atoms with Gasteiger partial charge in [-0.25, -0.2) is 4.98 Å². The Morgan fingerprint density at radius 3 is 2.58 bits per heavy atom. The summed E-state index contributed by atoms with van der Waals surface area (Å²) in [6.07, 6.45) is 2.12. The molecule has 2 aromatic carbocycles. The third-order valence-corrected chi connectivity index (χ3v) is 5.57. The van der Waals surface area contributed by atoms with Gasteiger partial charge in [0.15, 0.2) is 5.16 Å². The van der Waals surface area contributed by atoms with Crippen LogP contribution >= 0.6 is 11.8 Å². The van der Waals surface area contributed by atoms with Crippen molar-refractivity contribution in [3.63, 3.8) is 0 Å². The topological polar surface area (TPSA) is 44.1 Å². The predicted octanol–water partition coefficient (Wildman–Crippen LogP) is 4.52. The quantitative estimate of drug-likeness (QED) is 0.365. The monoisotopic (exact) mass is 366 g/mol. The Balaban J connectivity index is 1.52. The lowest BCUT2D eigenvalue weighted by Crippen LogP contribution is -2.22. The molecule has 1 aliphatic carbocycles. The van der Waals surface area contributed by atoms with E-state index >= 15 is 0 Å². The fourth-order valence-corrected chi connectivity index (χ4v) is 4.07. The van der Waals surface area contributed by atoms with Crippen LogP contribution in [-0.2, 0) is 0 Å². The zero-order chi connectivity index (χ0) is 18.1. The Labute approximate surface area is 157 Å². The van der Waals surface area contributed by atoms with Gasteiger partial charge in [-0.15, -0.1) is 0 Å². The van der Waals surface area contributed by atoms with Crippen LogP contribution < -0.4 is 10.3 Å². The van der Waals surface area contributed by atoms with E-state index in [-0.39, 0.29) is 5.56 Å². The summed E-state index contributed by atoms with van der Waals surface area (Å²) >= 11 is 1.60. The molecule has 4 rings (SSSR count). The van der Waals surface area contributed by atoms with Gasteiger partial charge in [-0.2, -0.15) is 0 Å². The summed E-state index contributed by atoms with van der Waals surface area (Å²) in [5.41, 5.74) is 3.14. The first kappa shape index (κ1) is 17.2. The van der Waals surface area contributed by atoms with E-state index in [1.165, 1.54) is 0 Å². The molecule has 0 atom stereocenters. The molecule has 0 N–H and O–H groups in total. The van der Waals surface area contributed by atoms with Crippen LogP contribution in [0.2, 0.25) is 0 Å². The molecule has 5 heteroatoms. The van der Waals surface area contributed by atoms with E-state index in [1.54, 1.807) is 11.8 Å². The first-order valence-electron chi connectivity index (χ1n) is 8.98. The van der Waals surface area contributed by atoms with Gasteiger partial charge in [0.25, 0.3) is 5.56 Å². The van der Waals surface area contributed by atoms with E-state index in [0.717, 1.165) is 46.1 Å². The first-order chi connectivity index (χ1) is 12.6. The second-order valence-corrected chi connectivity index (χ2v) is 7.80. The molecule has 0 aliphatic heterocycles. The SMILES string of the molecule is Cc1cccc(C)c1OCCSc1nc2ccccc2c(=O)n1C1CC1. The summed E-state index contributed by atoms with van der Waals surface area (Å²) in [4.78, 5) is 17.6. The van der Waals surface area contributed by atoms with E-state index < -0.39 is 0 Å². The number of thioether (sulfide) groups is 1. The smallest absolute Gasteiger partial charge is 0.262 e. The number of hydrogen-bond acceptors (Lipinski definition) is 4. The highest BCUT2D eigenvalue weighted by molar-refractivity contribution is 7.99. The Morgan fingerprint density at radius 1 is 1.12 bits per heavy atom. The van der Waals surface area contributed by atoms with Gasteiger partial charge in [-0.05, 0) is 49.9 Å². The van der Waals surface area contributed by atoms with Crippen LogP contribution in [0, 0.1) is 13.8 Å². The van der Waals surface area contributed by atoms with Gasteiger partial charge < -0.3 is 4.74 Å². The minimum atomic E-state index is 0.0799. The van der Waals surface area contributed by atoms with Gasteiger partial charge >= 0.3 is 0 Å². The summed E-state index contributed by atoms with van der Waals surface area (Å²) in [5.74, 6) is 1.71. The molecule has 0 spiro atoms. The van der Waals surface area contributed by atoms with Gasteiger partial charge in [0, 0.05) is 11.8 Å². The molecule has 0 bridgehead atoms. The van der Waals surface area contributed by atoms with Crippen molar-refractivity contribution in [2.75, 3.05) is 12.4 Å². The molecule has 1 aromatic heterocycles. The number of aromatic nitrogens is 2. The third-order valence-electron chi connectivity index (χ3n) is 4.66. The van der Waals surface area contributed by atoms with Crippen LogP contribution in [0.3, 0.4) is 0 Å². The van der Waals surface area contributed by atoms with E-state index in [9.17, 15) is 4.79 Å². The molecule has 0 unspecified atom stereocenters. The molecule has 0 saturated heterocycles. The molecule has 3 aromatic rings. The normalized spacial score (nSPS) is 13.9. The molecule has 0 amide bonds. The standard InChI is InChI=1S/C21H22N2O2S/c1-14-6-5-7-15(2)19(14)25-12-13-26-21-22-18-9-4-3-8-17(18)20(24)23(21)16-10-11-16/h3-9,16H,10-13H2,1-2H3. The lowest BCUT2D eigenvalue weighted by atomic mass is 10.1. The molecular formula is C21H22N2O2S. The van der Waals surface area contributed by atoms with E-state index in [2.05, 4.69) is 26.0 Å². The molecule has 1 aliphatic rings. The number of fused-ring (bicyclic) bond motifs is 1. The number of rotatable bonds is 6. The average Bonchev–Trinajstić information content (AvgIpc) is 3.46. The van der Waals surface area contributed by atoms with Crippen LogP contribution in [0.5, 0.6) is 5.75 Å². The van der Waals surface area contributed by atoms with E-state index in [1.807, 2.05) is 34.9 Å². The lowest BCUT2D eigenvalue weighted by molar-refractivity contribution is 0.339. The highest BCUT2D eigenvalue weighted by Crippen LogP contribution is 2.36. The number of aryl methyl sites for hydroxylation is 2. The molecule has 4 nitrogen and oxygen atoms in total. The third kappa shape index (κ3) is 3.36. The number of hydrogen-bond donors (Lipinski definition) is 0. The Bertz CT molecular complexity index is 988. The van der Waals surface area contributed by atoms with E-state index in [0.29, 0.717) is 18.0 Å². The van der Waals surface area contributed by atoms with Gasteiger partial charge in [-0.1, -0.05) is 42.1 Å². The molecule has 1 saturated carbocycles. The maximum atomic E-state index is 12.9. The van der Waals surface area contributed by atoms with Gasteiger partial charge in [-0.3, -0.25) is 9.36 Å². The van der Waals surface area contributed by atoms with Crippen molar-refractivity contribution in [2.24, 2.45) is 0 Å². The first-order valence-corrected chi connectivity index (χ1v) is 9.97. The van der Waals surface area contributed by atoms with Crippen molar-refractivity contribution in [2.45, 2.75) is 37.9 Å². The van der Waals surface area contributed by atoms with Crippen molar-refractivity contribution >= 4 is 22.7 Å². The van der Waals surface area contributed by atoms with Crippen molar-refractivity contribution < 1.29 is 4.74 Å². The predicted molar refractivity (Wildman–Crippen MR) is 106 cm³/mol. The fourth-order valence-electron chi connectivity index (χ4n) is 3.19. The highest BCUT2D eigenvalue weighted by Gasteiger charge is 2.28. The van der Waals surface area contributed by atoms with Crippen LogP contribution in [0.4, 0.5) is 0 Å². The number of benzene rings is 2. The highest BCUT2D eigenvalue weighted by atomic mass is 32.2. The van der Waals surface area contributed by atoms with Crippen LogP contribution in [0.15, 0.2) is 52.4 Å². The second kappa shape index (κ2) is 7.16. The summed E-state index contributed by atoms with van der Waals surface area (Å²) in [5, 5.41) is 1.51. The molecule has 134 valence electrons.